The van der Waals surface area contributed by atoms with Gasteiger partial charge in [0.05, 0.1) is 12.6 Å². The summed E-state index contributed by atoms with van der Waals surface area (Å²) in [7, 11) is 0. The smallest absolute Gasteiger partial charge is 0.265 e. The van der Waals surface area contributed by atoms with E-state index in [4.69, 9.17) is 11.3 Å². The minimum Gasteiger partial charge on any atom is -0.488 e. The lowest BCUT2D eigenvalue weighted by Gasteiger charge is -2.32. The Bertz CT molecular complexity index is 1130. The summed E-state index contributed by atoms with van der Waals surface area (Å²) in [4.78, 5) is 5.71. The Morgan fingerprint density at radius 3 is 2.73 bits per heavy atom. The molecule has 4 rings (SSSR count). The SMILES string of the molecule is [C-]#[N+]/C(C#N)=C1C=C(/C=C/c2ccc3c(c2)CCN3c2ccccc2)OC(C)(C)C\1. The second kappa shape index (κ2) is 7.93. The zero-order chi connectivity index (χ0) is 21.1. The van der Waals surface area contributed by atoms with Gasteiger partial charge in [-0.25, -0.2) is 10.1 Å². The number of para-hydroxylation sites is 1. The van der Waals surface area contributed by atoms with Crippen LogP contribution >= 0.6 is 0 Å². The fraction of sp³-hybridized carbons (Fsp3) is 0.231. The quantitative estimate of drug-likeness (QED) is 0.462. The summed E-state index contributed by atoms with van der Waals surface area (Å²) >= 11 is 0. The highest BCUT2D eigenvalue weighted by Gasteiger charge is 2.27. The van der Waals surface area contributed by atoms with Gasteiger partial charge in [-0.15, -0.1) is 0 Å². The van der Waals surface area contributed by atoms with E-state index in [0.29, 0.717) is 12.2 Å². The average molecular weight is 393 g/mol. The molecule has 0 amide bonds. The number of ether oxygens (including phenoxy) is 1. The monoisotopic (exact) mass is 393 g/mol. The van der Waals surface area contributed by atoms with Crippen LogP contribution in [0, 0.1) is 17.9 Å². The van der Waals surface area contributed by atoms with Gasteiger partial charge in [-0.2, -0.15) is 0 Å². The van der Waals surface area contributed by atoms with Crippen molar-refractivity contribution in [3.63, 3.8) is 0 Å². The lowest BCUT2D eigenvalue weighted by atomic mass is 9.93. The van der Waals surface area contributed by atoms with E-state index in [1.807, 2.05) is 44.2 Å². The van der Waals surface area contributed by atoms with Crippen LogP contribution < -0.4 is 4.90 Å². The first-order chi connectivity index (χ1) is 14.5. The molecule has 0 atom stereocenters. The topological polar surface area (TPSA) is 40.6 Å². The molecule has 0 saturated carbocycles. The molecule has 0 radical (unpaired) electrons. The van der Waals surface area contributed by atoms with Gasteiger partial charge in [-0.3, -0.25) is 0 Å². The lowest BCUT2D eigenvalue weighted by molar-refractivity contribution is 0.0356. The van der Waals surface area contributed by atoms with Crippen molar-refractivity contribution in [3.8, 4) is 6.07 Å². The van der Waals surface area contributed by atoms with Crippen molar-refractivity contribution >= 4 is 17.5 Å². The Labute approximate surface area is 177 Å². The highest BCUT2D eigenvalue weighted by atomic mass is 16.5. The van der Waals surface area contributed by atoms with Gasteiger partial charge in [0.15, 0.2) is 0 Å². The lowest BCUT2D eigenvalue weighted by Crippen LogP contribution is -2.27. The zero-order valence-electron chi connectivity index (χ0n) is 17.2. The number of fused-ring (bicyclic) bond motifs is 1. The first-order valence-electron chi connectivity index (χ1n) is 10.0. The van der Waals surface area contributed by atoms with Crippen molar-refractivity contribution in [2.24, 2.45) is 0 Å². The maximum absolute atomic E-state index is 9.22. The minimum absolute atomic E-state index is 0.135. The van der Waals surface area contributed by atoms with Crippen LogP contribution in [0.15, 0.2) is 77.7 Å². The van der Waals surface area contributed by atoms with E-state index in [-0.39, 0.29) is 5.70 Å². The molecule has 0 spiro atoms. The highest BCUT2D eigenvalue weighted by Crippen LogP contribution is 2.36. The molecule has 4 nitrogen and oxygen atoms in total. The largest absolute Gasteiger partial charge is 0.488 e. The van der Waals surface area contributed by atoms with Gasteiger partial charge in [-0.05, 0) is 73.4 Å². The van der Waals surface area contributed by atoms with Crippen molar-refractivity contribution in [1.82, 2.24) is 0 Å². The van der Waals surface area contributed by atoms with E-state index >= 15 is 0 Å². The van der Waals surface area contributed by atoms with Crippen LogP contribution in [0.1, 0.15) is 31.4 Å². The van der Waals surface area contributed by atoms with E-state index in [1.165, 1.54) is 16.9 Å². The molecule has 2 aromatic carbocycles. The predicted octanol–water partition coefficient (Wildman–Crippen LogP) is 6.17. The van der Waals surface area contributed by atoms with E-state index in [1.54, 1.807) is 0 Å². The average Bonchev–Trinajstić information content (AvgIpc) is 3.16. The Morgan fingerprint density at radius 2 is 2.00 bits per heavy atom. The molecule has 0 N–H and O–H groups in total. The number of hydrogen-bond acceptors (Lipinski definition) is 3. The van der Waals surface area contributed by atoms with Crippen LogP contribution in [0.3, 0.4) is 0 Å². The first kappa shape index (κ1) is 19.6. The Morgan fingerprint density at radius 1 is 1.20 bits per heavy atom. The van der Waals surface area contributed by atoms with Gasteiger partial charge in [-0.1, -0.05) is 30.3 Å². The zero-order valence-corrected chi connectivity index (χ0v) is 17.2. The van der Waals surface area contributed by atoms with Gasteiger partial charge >= 0.3 is 0 Å². The number of allylic oxidation sites excluding steroid dienone is 3. The maximum Gasteiger partial charge on any atom is 0.265 e. The summed E-state index contributed by atoms with van der Waals surface area (Å²) in [5.74, 6) is 0.670. The van der Waals surface area contributed by atoms with Crippen molar-refractivity contribution in [3.05, 3.63) is 100 Å². The van der Waals surface area contributed by atoms with Gasteiger partial charge in [0, 0.05) is 24.3 Å². The van der Waals surface area contributed by atoms with Crippen LogP contribution in [0.2, 0.25) is 0 Å². The summed E-state index contributed by atoms with van der Waals surface area (Å²) in [6.07, 6.45) is 7.32. The van der Waals surface area contributed by atoms with E-state index in [0.717, 1.165) is 24.1 Å². The summed E-state index contributed by atoms with van der Waals surface area (Å²) in [6.45, 7) is 12.2. The van der Waals surface area contributed by atoms with Crippen LogP contribution in [0.5, 0.6) is 0 Å². The Kier molecular flexibility index (Phi) is 5.17. The molecule has 4 heteroatoms. The molecule has 0 fully saturated rings. The molecule has 2 heterocycles. The molecule has 2 aliphatic rings. The van der Waals surface area contributed by atoms with Crippen LogP contribution in [-0.4, -0.2) is 12.1 Å². The Balaban J connectivity index is 1.59. The molecule has 0 aromatic heterocycles. The molecule has 0 aliphatic carbocycles. The highest BCUT2D eigenvalue weighted by molar-refractivity contribution is 5.72. The van der Waals surface area contributed by atoms with Crippen LogP contribution in [0.25, 0.3) is 10.9 Å². The molecule has 2 aliphatic heterocycles. The normalized spacial score (nSPS) is 18.8. The molecule has 0 unspecified atom stereocenters. The molecule has 0 bridgehead atoms. The molecule has 0 saturated heterocycles. The molecule has 148 valence electrons. The second-order valence-corrected chi connectivity index (χ2v) is 8.14. The number of nitrogens with zero attached hydrogens (tertiary/aromatic N) is 3. The van der Waals surface area contributed by atoms with Crippen molar-refractivity contribution in [2.45, 2.75) is 32.3 Å². The van der Waals surface area contributed by atoms with Crippen LogP contribution in [0.4, 0.5) is 11.4 Å². The second-order valence-electron chi connectivity index (χ2n) is 8.14. The number of hydrogen-bond donors (Lipinski definition) is 0. The summed E-state index contributed by atoms with van der Waals surface area (Å²) in [5, 5.41) is 9.22. The fourth-order valence-corrected chi connectivity index (χ4v) is 4.05. The van der Waals surface area contributed by atoms with Crippen molar-refractivity contribution in [2.75, 3.05) is 11.4 Å². The van der Waals surface area contributed by atoms with Gasteiger partial charge in [0.2, 0.25) is 0 Å². The van der Waals surface area contributed by atoms with Gasteiger partial charge in [0.1, 0.15) is 11.4 Å². The number of nitriles is 1. The molecular weight excluding hydrogens is 370 g/mol. The van der Waals surface area contributed by atoms with Crippen molar-refractivity contribution < 1.29 is 4.74 Å². The minimum atomic E-state index is -0.454. The number of anilines is 2. The van der Waals surface area contributed by atoms with Crippen LogP contribution in [-0.2, 0) is 11.2 Å². The summed E-state index contributed by atoms with van der Waals surface area (Å²) in [5.41, 5.74) is 5.33. The van der Waals surface area contributed by atoms with E-state index in [2.05, 4.69) is 52.2 Å². The molecule has 2 aromatic rings. The molecule has 30 heavy (non-hydrogen) atoms. The third-order valence-electron chi connectivity index (χ3n) is 5.36. The van der Waals surface area contributed by atoms with Gasteiger partial charge in [0.25, 0.3) is 5.70 Å². The number of rotatable bonds is 3. The van der Waals surface area contributed by atoms with E-state index < -0.39 is 5.60 Å². The first-order valence-corrected chi connectivity index (χ1v) is 10.0. The standard InChI is InChI=1S/C26H23N3O/c1-26(2)17-21(24(18-27)28-3)16-23(30-26)11-9-19-10-12-25-20(15-19)13-14-29(25)22-7-5-4-6-8-22/h4-12,15-16H,13-14,17H2,1-2H3/b11-9+,24-21+. The number of benzene rings is 2. The van der Waals surface area contributed by atoms with Crippen molar-refractivity contribution in [1.29, 1.82) is 5.26 Å². The van der Waals surface area contributed by atoms with E-state index in [9.17, 15) is 5.26 Å². The predicted molar refractivity (Wildman–Crippen MR) is 120 cm³/mol. The summed E-state index contributed by atoms with van der Waals surface area (Å²) in [6, 6.07) is 19.0. The van der Waals surface area contributed by atoms with Gasteiger partial charge < -0.3 is 9.64 Å². The summed E-state index contributed by atoms with van der Waals surface area (Å²) < 4.78 is 6.05. The molecular formula is C26H23N3O. The third kappa shape index (κ3) is 4.00. The maximum atomic E-state index is 9.22. The fourth-order valence-electron chi connectivity index (χ4n) is 4.05. The third-order valence-corrected chi connectivity index (χ3v) is 5.36. The Hall–Kier alpha value is -3.76.